The second-order valence-corrected chi connectivity index (χ2v) is 5.12. The van der Waals surface area contributed by atoms with E-state index in [-0.39, 0.29) is 11.6 Å². The van der Waals surface area contributed by atoms with Crippen molar-refractivity contribution in [1.29, 1.82) is 0 Å². The van der Waals surface area contributed by atoms with Crippen LogP contribution in [0.4, 0.5) is 5.69 Å². The zero-order valence-electron chi connectivity index (χ0n) is 10.9. The lowest BCUT2D eigenvalue weighted by Gasteiger charge is -2.07. The number of benzene rings is 1. The van der Waals surface area contributed by atoms with Crippen LogP contribution in [0.1, 0.15) is 20.8 Å². The van der Waals surface area contributed by atoms with Crippen LogP contribution in [0.25, 0.3) is 0 Å². The van der Waals surface area contributed by atoms with Crippen molar-refractivity contribution in [3.05, 3.63) is 45.3 Å². The van der Waals surface area contributed by atoms with E-state index in [9.17, 15) is 9.59 Å². The van der Waals surface area contributed by atoms with Gasteiger partial charge in [-0.15, -0.1) is 0 Å². The summed E-state index contributed by atoms with van der Waals surface area (Å²) in [6.07, 6.45) is 1.42. The minimum absolute atomic E-state index is 0.201. The maximum absolute atomic E-state index is 12.2. The zero-order chi connectivity index (χ0) is 14.7. The Bertz CT molecular complexity index is 667. The summed E-state index contributed by atoms with van der Waals surface area (Å²) >= 11 is 2.08. The Balaban J connectivity index is 2.30. The Kier molecular flexibility index (Phi) is 4.38. The lowest BCUT2D eigenvalue weighted by molar-refractivity contribution is 0.0589. The number of esters is 1. The second kappa shape index (κ2) is 6.04. The minimum atomic E-state index is -0.553. The van der Waals surface area contributed by atoms with Gasteiger partial charge in [-0.3, -0.25) is 9.48 Å². The highest BCUT2D eigenvalue weighted by atomic mass is 127. The Morgan fingerprint density at radius 3 is 2.70 bits per heavy atom. The molecular formula is C13H12IN3O3. The van der Waals surface area contributed by atoms with Gasteiger partial charge in [-0.25, -0.2) is 4.79 Å². The first-order valence-corrected chi connectivity index (χ1v) is 6.78. The molecule has 1 aromatic heterocycles. The highest BCUT2D eigenvalue weighted by molar-refractivity contribution is 14.1. The molecule has 0 saturated carbocycles. The number of rotatable bonds is 3. The van der Waals surface area contributed by atoms with Crippen LogP contribution in [0.15, 0.2) is 30.5 Å². The van der Waals surface area contributed by atoms with E-state index < -0.39 is 5.97 Å². The largest absolute Gasteiger partial charge is 0.464 e. The molecule has 104 valence electrons. The number of ether oxygens (including phenoxy) is 1. The molecule has 1 heterocycles. The summed E-state index contributed by atoms with van der Waals surface area (Å²) in [7, 11) is 2.88. The van der Waals surface area contributed by atoms with Crippen LogP contribution in [-0.4, -0.2) is 28.8 Å². The van der Waals surface area contributed by atoms with E-state index in [1.165, 1.54) is 18.0 Å². The zero-order valence-corrected chi connectivity index (χ0v) is 13.0. The summed E-state index contributed by atoms with van der Waals surface area (Å²) in [5.74, 6) is -0.851. The first-order valence-electron chi connectivity index (χ1n) is 5.70. The third-order valence-corrected chi connectivity index (χ3v) is 3.62. The smallest absolute Gasteiger partial charge is 0.358 e. The van der Waals surface area contributed by atoms with Crippen molar-refractivity contribution in [2.45, 2.75) is 0 Å². The molecule has 0 aliphatic heterocycles. The minimum Gasteiger partial charge on any atom is -0.464 e. The fraction of sp³-hybridized carbons (Fsp3) is 0.154. The third-order valence-electron chi connectivity index (χ3n) is 2.68. The Hall–Kier alpha value is -1.90. The van der Waals surface area contributed by atoms with Crippen LogP contribution in [0, 0.1) is 3.57 Å². The van der Waals surface area contributed by atoms with Crippen molar-refractivity contribution in [3.8, 4) is 0 Å². The molecule has 0 bridgehead atoms. The van der Waals surface area contributed by atoms with Gasteiger partial charge in [0.15, 0.2) is 5.69 Å². The first-order chi connectivity index (χ1) is 9.54. The van der Waals surface area contributed by atoms with Gasteiger partial charge in [-0.1, -0.05) is 12.1 Å². The number of anilines is 1. The van der Waals surface area contributed by atoms with Crippen molar-refractivity contribution in [2.75, 3.05) is 12.4 Å². The number of methoxy groups -OCH3 is 1. The van der Waals surface area contributed by atoms with E-state index in [4.69, 9.17) is 0 Å². The van der Waals surface area contributed by atoms with Gasteiger partial charge in [-0.2, -0.15) is 5.10 Å². The van der Waals surface area contributed by atoms with Crippen LogP contribution in [0.2, 0.25) is 0 Å². The molecule has 7 heteroatoms. The Labute approximate surface area is 129 Å². The highest BCUT2D eigenvalue weighted by Crippen LogP contribution is 2.18. The molecular weight excluding hydrogens is 373 g/mol. The number of nitrogens with one attached hydrogen (secondary N) is 1. The van der Waals surface area contributed by atoms with Crippen LogP contribution in [-0.2, 0) is 11.8 Å². The molecule has 0 aliphatic carbocycles. The lowest BCUT2D eigenvalue weighted by atomic mass is 10.2. The standard InChI is InChI=1S/C13H12IN3O3/c1-17-11(13(19)20-2)10(7-15-17)16-12(18)8-5-3-4-6-9(8)14/h3-7H,1-2H3,(H,16,18). The van der Waals surface area contributed by atoms with Gasteiger partial charge in [0.25, 0.3) is 5.91 Å². The Morgan fingerprint density at radius 2 is 2.05 bits per heavy atom. The van der Waals surface area contributed by atoms with Crippen LogP contribution in [0.5, 0.6) is 0 Å². The van der Waals surface area contributed by atoms with Crippen molar-refractivity contribution in [3.63, 3.8) is 0 Å². The topological polar surface area (TPSA) is 73.2 Å². The summed E-state index contributed by atoms with van der Waals surface area (Å²) in [6, 6.07) is 7.18. The quantitative estimate of drug-likeness (QED) is 0.649. The average molecular weight is 385 g/mol. The van der Waals surface area contributed by atoms with Crippen molar-refractivity contribution < 1.29 is 14.3 Å². The summed E-state index contributed by atoms with van der Waals surface area (Å²) in [5, 5.41) is 6.63. The number of amides is 1. The molecule has 2 aromatic rings. The van der Waals surface area contributed by atoms with Crippen molar-refractivity contribution >= 4 is 40.2 Å². The lowest BCUT2D eigenvalue weighted by Crippen LogP contribution is -2.17. The fourth-order valence-corrected chi connectivity index (χ4v) is 2.34. The van der Waals surface area contributed by atoms with Crippen molar-refractivity contribution in [1.82, 2.24) is 9.78 Å². The van der Waals surface area contributed by atoms with Gasteiger partial charge in [0.2, 0.25) is 0 Å². The second-order valence-electron chi connectivity index (χ2n) is 3.96. The summed E-state index contributed by atoms with van der Waals surface area (Å²) < 4.78 is 6.86. The number of aryl methyl sites for hydroxylation is 1. The molecule has 1 aromatic carbocycles. The normalized spacial score (nSPS) is 10.2. The summed E-state index contributed by atoms with van der Waals surface area (Å²) in [4.78, 5) is 23.9. The van der Waals surface area contributed by atoms with E-state index in [0.717, 1.165) is 3.57 Å². The van der Waals surface area contributed by atoms with Gasteiger partial charge < -0.3 is 10.1 Å². The average Bonchev–Trinajstić information content (AvgIpc) is 2.79. The maximum atomic E-state index is 12.2. The van der Waals surface area contributed by atoms with Gasteiger partial charge in [0.1, 0.15) is 0 Å². The summed E-state index contributed by atoms with van der Waals surface area (Å²) in [5.41, 5.74) is 1.06. The predicted octanol–water partition coefficient (Wildman–Crippen LogP) is 2.06. The van der Waals surface area contributed by atoms with Gasteiger partial charge >= 0.3 is 5.97 Å². The molecule has 1 amide bonds. The van der Waals surface area contributed by atoms with Gasteiger partial charge in [-0.05, 0) is 34.7 Å². The molecule has 0 fully saturated rings. The first kappa shape index (κ1) is 14.5. The molecule has 6 nitrogen and oxygen atoms in total. The van der Waals surface area contributed by atoms with E-state index >= 15 is 0 Å². The van der Waals surface area contributed by atoms with E-state index in [2.05, 4.69) is 37.7 Å². The van der Waals surface area contributed by atoms with Crippen LogP contribution in [0.3, 0.4) is 0 Å². The molecule has 20 heavy (non-hydrogen) atoms. The molecule has 0 unspecified atom stereocenters. The molecule has 0 aliphatic rings. The van der Waals surface area contributed by atoms with Crippen LogP contribution < -0.4 is 5.32 Å². The molecule has 0 atom stereocenters. The number of carbonyl (C=O) groups excluding carboxylic acids is 2. The highest BCUT2D eigenvalue weighted by Gasteiger charge is 2.20. The number of aromatic nitrogens is 2. The molecule has 0 spiro atoms. The maximum Gasteiger partial charge on any atom is 0.358 e. The van der Waals surface area contributed by atoms with Crippen LogP contribution >= 0.6 is 22.6 Å². The van der Waals surface area contributed by atoms with E-state index in [1.807, 2.05) is 12.1 Å². The third kappa shape index (κ3) is 2.82. The predicted molar refractivity (Wildman–Crippen MR) is 81.7 cm³/mol. The van der Waals surface area contributed by atoms with Gasteiger partial charge in [0, 0.05) is 10.6 Å². The molecule has 2 rings (SSSR count). The number of hydrogen-bond acceptors (Lipinski definition) is 4. The molecule has 0 radical (unpaired) electrons. The molecule has 0 saturated heterocycles. The summed E-state index contributed by atoms with van der Waals surface area (Å²) in [6.45, 7) is 0. The van der Waals surface area contributed by atoms with E-state index in [0.29, 0.717) is 11.3 Å². The molecule has 1 N–H and O–H groups in total. The SMILES string of the molecule is COC(=O)c1c(NC(=O)c2ccccc2I)cnn1C. The monoisotopic (exact) mass is 385 g/mol. The van der Waals surface area contributed by atoms with Gasteiger partial charge in [0.05, 0.1) is 24.6 Å². The number of carbonyl (C=O) groups is 2. The fourth-order valence-electron chi connectivity index (χ4n) is 1.70. The Morgan fingerprint density at radius 1 is 1.35 bits per heavy atom. The van der Waals surface area contributed by atoms with E-state index in [1.54, 1.807) is 19.2 Å². The van der Waals surface area contributed by atoms with Crippen molar-refractivity contribution in [2.24, 2.45) is 7.05 Å². The number of nitrogens with zero attached hydrogens (tertiary/aromatic N) is 2. The number of hydrogen-bond donors (Lipinski definition) is 1. The number of halogens is 1.